The van der Waals surface area contributed by atoms with E-state index in [2.05, 4.69) is 25.3 Å². The summed E-state index contributed by atoms with van der Waals surface area (Å²) in [5.41, 5.74) is -0.913. The number of rotatable bonds is 9. The van der Waals surface area contributed by atoms with Crippen LogP contribution in [-0.4, -0.2) is 44.7 Å². The lowest BCUT2D eigenvalue weighted by Crippen LogP contribution is -2.38. The van der Waals surface area contributed by atoms with Crippen LogP contribution >= 0.6 is 35.3 Å². The molecule has 26 heavy (non-hydrogen) atoms. The first-order chi connectivity index (χ1) is 11.7. The first-order valence-electron chi connectivity index (χ1n) is 7.69. The third-order valence-corrected chi connectivity index (χ3v) is 5.14. The quantitative estimate of drug-likeness (QED) is 0.197. The van der Waals surface area contributed by atoms with E-state index in [0.717, 1.165) is 16.7 Å². The van der Waals surface area contributed by atoms with Crippen LogP contribution in [0, 0.1) is 0 Å². The van der Waals surface area contributed by atoms with Crippen molar-refractivity contribution < 1.29 is 21.6 Å². The van der Waals surface area contributed by atoms with Gasteiger partial charge >= 0.3 is 6.18 Å². The highest BCUT2D eigenvalue weighted by Gasteiger charge is 2.33. The average Bonchev–Trinajstić information content (AvgIpc) is 3.01. The zero-order chi connectivity index (χ0) is 18.9. The van der Waals surface area contributed by atoms with Crippen LogP contribution in [-0.2, 0) is 22.7 Å². The lowest BCUT2D eigenvalue weighted by atomic mass is 10.4. The highest BCUT2D eigenvalue weighted by Crippen LogP contribution is 2.30. The second-order valence-electron chi connectivity index (χ2n) is 4.90. The average molecular weight is 529 g/mol. The predicted molar refractivity (Wildman–Crippen MR) is 107 cm³/mol. The van der Waals surface area contributed by atoms with Crippen LogP contribution in [0.4, 0.5) is 13.2 Å². The molecule has 0 aliphatic rings. The molecule has 0 aliphatic heterocycles. The molecule has 0 spiro atoms. The van der Waals surface area contributed by atoms with Crippen LogP contribution in [0.5, 0.6) is 0 Å². The van der Waals surface area contributed by atoms with Crippen LogP contribution in [0.2, 0.25) is 0 Å². The summed E-state index contributed by atoms with van der Waals surface area (Å²) in [4.78, 5) is 7.69. The van der Waals surface area contributed by atoms with Gasteiger partial charge in [-0.3, -0.25) is 0 Å². The topological polar surface area (TPSA) is 95.5 Å². The van der Waals surface area contributed by atoms with Crippen molar-refractivity contribution in [1.82, 2.24) is 20.3 Å². The monoisotopic (exact) mass is 529 g/mol. The van der Waals surface area contributed by atoms with Crippen LogP contribution < -0.4 is 15.4 Å². The van der Waals surface area contributed by atoms with Gasteiger partial charge in [0.15, 0.2) is 11.7 Å². The van der Waals surface area contributed by atoms with Gasteiger partial charge in [-0.25, -0.2) is 23.1 Å². The van der Waals surface area contributed by atoms with E-state index in [1.807, 2.05) is 6.92 Å². The molecule has 3 N–H and O–H groups in total. The van der Waals surface area contributed by atoms with Gasteiger partial charge in [-0.15, -0.1) is 35.3 Å². The summed E-state index contributed by atoms with van der Waals surface area (Å²) in [5, 5.41) is 7.18. The molecular weight excluding hydrogens is 506 g/mol. The number of thiazole rings is 1. The second kappa shape index (κ2) is 11.9. The van der Waals surface area contributed by atoms with E-state index in [0.29, 0.717) is 32.0 Å². The molecule has 0 unspecified atom stereocenters. The van der Waals surface area contributed by atoms with E-state index in [-0.39, 0.29) is 41.3 Å². The zero-order valence-corrected chi connectivity index (χ0v) is 18.4. The van der Waals surface area contributed by atoms with Crippen molar-refractivity contribution >= 4 is 51.3 Å². The Kier molecular flexibility index (Phi) is 11.6. The van der Waals surface area contributed by atoms with Crippen molar-refractivity contribution in [2.75, 3.05) is 25.4 Å². The Hall–Kier alpha value is -0.670. The highest BCUT2D eigenvalue weighted by atomic mass is 127. The maximum Gasteiger partial charge on any atom is 0.434 e. The number of halogens is 4. The molecule has 0 saturated heterocycles. The Labute approximate surface area is 172 Å². The molecule has 0 fully saturated rings. The number of alkyl halides is 3. The van der Waals surface area contributed by atoms with E-state index in [1.54, 1.807) is 6.92 Å². The molecule has 1 aromatic rings. The first-order valence-corrected chi connectivity index (χ1v) is 10.2. The van der Waals surface area contributed by atoms with Crippen molar-refractivity contribution in [2.24, 2.45) is 4.99 Å². The summed E-state index contributed by atoms with van der Waals surface area (Å²) < 4.78 is 62.5. The predicted octanol–water partition coefficient (Wildman–Crippen LogP) is 2.16. The molecule has 0 saturated carbocycles. The Morgan fingerprint density at radius 2 is 1.96 bits per heavy atom. The van der Waals surface area contributed by atoms with Gasteiger partial charge in [-0.05, 0) is 20.3 Å². The molecule has 13 heteroatoms. The number of aliphatic imine (C=N–C) groups is 1. The molecule has 0 aliphatic carbocycles. The lowest BCUT2D eigenvalue weighted by molar-refractivity contribution is -0.140. The van der Waals surface area contributed by atoms with Gasteiger partial charge in [0.1, 0.15) is 5.01 Å². The Morgan fingerprint density at radius 1 is 1.27 bits per heavy atom. The summed E-state index contributed by atoms with van der Waals surface area (Å²) in [6, 6.07) is 0. The molecule has 0 amide bonds. The maximum atomic E-state index is 12.5. The van der Waals surface area contributed by atoms with Crippen molar-refractivity contribution in [2.45, 2.75) is 33.0 Å². The van der Waals surface area contributed by atoms with Crippen LogP contribution in [0.1, 0.15) is 31.0 Å². The van der Waals surface area contributed by atoms with Gasteiger partial charge in [0.2, 0.25) is 10.0 Å². The zero-order valence-electron chi connectivity index (χ0n) is 14.4. The SMILES string of the molecule is CCNC(=NCc1nc(C(F)(F)F)cs1)NCCCNS(=O)(=O)CC.I. The fraction of sp³-hybridized carbons (Fsp3) is 0.692. The number of sulfonamides is 1. The normalized spacial score (nSPS) is 12.6. The number of nitrogens with zero attached hydrogens (tertiary/aromatic N) is 2. The van der Waals surface area contributed by atoms with E-state index >= 15 is 0 Å². The first kappa shape index (κ1) is 25.3. The minimum absolute atomic E-state index is 0. The minimum atomic E-state index is -4.45. The summed E-state index contributed by atoms with van der Waals surface area (Å²) in [6.45, 7) is 4.78. The molecular formula is C13H23F3IN5O2S2. The molecule has 1 aromatic heterocycles. The molecule has 1 heterocycles. The minimum Gasteiger partial charge on any atom is -0.357 e. The number of aromatic nitrogens is 1. The Balaban J connectivity index is 0.00000625. The van der Waals surface area contributed by atoms with Gasteiger partial charge in [0.25, 0.3) is 0 Å². The van der Waals surface area contributed by atoms with E-state index in [1.165, 1.54) is 0 Å². The summed E-state index contributed by atoms with van der Waals surface area (Å²) in [5.74, 6) is 0.461. The molecule has 1 rings (SSSR count). The fourth-order valence-electron chi connectivity index (χ4n) is 1.63. The molecule has 0 radical (unpaired) electrons. The number of hydrogen-bond donors (Lipinski definition) is 3. The van der Waals surface area contributed by atoms with E-state index < -0.39 is 21.9 Å². The third kappa shape index (κ3) is 9.87. The van der Waals surface area contributed by atoms with Crippen molar-refractivity contribution in [3.05, 3.63) is 16.1 Å². The summed E-state index contributed by atoms with van der Waals surface area (Å²) >= 11 is 0.903. The summed E-state index contributed by atoms with van der Waals surface area (Å²) in [7, 11) is -3.21. The smallest absolute Gasteiger partial charge is 0.357 e. The van der Waals surface area contributed by atoms with E-state index in [9.17, 15) is 21.6 Å². The number of guanidine groups is 1. The largest absolute Gasteiger partial charge is 0.434 e. The number of nitrogens with one attached hydrogen (secondary N) is 3. The van der Waals surface area contributed by atoms with Crippen LogP contribution in [0.25, 0.3) is 0 Å². The number of hydrogen-bond acceptors (Lipinski definition) is 5. The van der Waals surface area contributed by atoms with Gasteiger partial charge in [0.05, 0.1) is 12.3 Å². The summed E-state index contributed by atoms with van der Waals surface area (Å²) in [6.07, 6.45) is -3.91. The molecule has 0 aromatic carbocycles. The van der Waals surface area contributed by atoms with Crippen molar-refractivity contribution in [3.8, 4) is 0 Å². The maximum absolute atomic E-state index is 12.5. The van der Waals surface area contributed by atoms with E-state index in [4.69, 9.17) is 0 Å². The standard InChI is InChI=1S/C13H22F3N5O2S2.HI/c1-3-17-12(18-6-5-7-20-25(22,23)4-2)19-8-11-21-10(9-24-11)13(14,15)16;/h9,20H,3-8H2,1-2H3,(H2,17,18,19);1H. The van der Waals surface area contributed by atoms with Gasteiger partial charge in [-0.2, -0.15) is 13.2 Å². The third-order valence-electron chi connectivity index (χ3n) is 2.91. The second-order valence-corrected chi connectivity index (χ2v) is 7.94. The molecule has 152 valence electrons. The molecule has 0 bridgehead atoms. The molecule has 0 atom stereocenters. The van der Waals surface area contributed by atoms with Gasteiger partial charge < -0.3 is 10.6 Å². The highest BCUT2D eigenvalue weighted by molar-refractivity contribution is 14.0. The van der Waals surface area contributed by atoms with Crippen molar-refractivity contribution in [1.29, 1.82) is 0 Å². The van der Waals surface area contributed by atoms with Crippen molar-refractivity contribution in [3.63, 3.8) is 0 Å². The van der Waals surface area contributed by atoms with Gasteiger partial charge in [-0.1, -0.05) is 0 Å². The Morgan fingerprint density at radius 3 is 2.50 bits per heavy atom. The molecule has 7 nitrogen and oxygen atoms in total. The van der Waals surface area contributed by atoms with Gasteiger partial charge in [0, 0.05) is 25.0 Å². The lowest BCUT2D eigenvalue weighted by Gasteiger charge is -2.11. The van der Waals surface area contributed by atoms with Crippen LogP contribution in [0.3, 0.4) is 0 Å². The fourth-order valence-corrected chi connectivity index (χ4v) is 3.01. The van der Waals surface area contributed by atoms with Crippen LogP contribution in [0.15, 0.2) is 10.4 Å². The Bertz CT molecular complexity index is 665.